The fraction of sp³-hybridized carbons (Fsp3) is 0.348. The molecule has 3 N–H and O–H groups in total. The van der Waals surface area contributed by atoms with Gasteiger partial charge in [0.2, 0.25) is 0 Å². The van der Waals surface area contributed by atoms with E-state index in [1.807, 2.05) is 39.0 Å². The zero-order chi connectivity index (χ0) is 22.3. The number of hydrogen-bond donors (Lipinski definition) is 3. The van der Waals surface area contributed by atoms with Crippen LogP contribution >= 0.6 is 0 Å². The van der Waals surface area contributed by atoms with Gasteiger partial charge < -0.3 is 20.7 Å². The Hall–Kier alpha value is -3.35. The van der Waals surface area contributed by atoms with Gasteiger partial charge in [0.25, 0.3) is 5.91 Å². The Labute approximate surface area is 177 Å². The van der Waals surface area contributed by atoms with E-state index in [2.05, 4.69) is 16.0 Å². The highest BCUT2D eigenvalue weighted by atomic mass is 16.5. The van der Waals surface area contributed by atoms with Crippen LogP contribution in [0.5, 0.6) is 0 Å². The van der Waals surface area contributed by atoms with Crippen molar-refractivity contribution in [3.8, 4) is 0 Å². The fourth-order valence-electron chi connectivity index (χ4n) is 3.11. The zero-order valence-corrected chi connectivity index (χ0v) is 18.0. The Balaban J connectivity index is 1.92. The molecule has 0 heterocycles. The molecule has 0 spiro atoms. The first-order valence-corrected chi connectivity index (χ1v) is 9.84. The van der Waals surface area contributed by atoms with Crippen LogP contribution in [0.1, 0.15) is 30.5 Å². The van der Waals surface area contributed by atoms with Gasteiger partial charge in [-0.2, -0.15) is 0 Å². The second-order valence-corrected chi connectivity index (χ2v) is 7.62. The van der Waals surface area contributed by atoms with Crippen molar-refractivity contribution in [2.24, 2.45) is 5.92 Å². The van der Waals surface area contributed by atoms with Gasteiger partial charge in [0.05, 0.1) is 0 Å². The average Bonchev–Trinajstić information content (AvgIpc) is 2.67. The maximum absolute atomic E-state index is 12.5. The van der Waals surface area contributed by atoms with E-state index in [1.165, 1.54) is 0 Å². The Bertz CT molecular complexity index is 887. The van der Waals surface area contributed by atoms with E-state index in [0.717, 1.165) is 16.7 Å². The molecule has 0 bridgehead atoms. The van der Waals surface area contributed by atoms with Crippen molar-refractivity contribution in [1.82, 2.24) is 5.32 Å². The summed E-state index contributed by atoms with van der Waals surface area (Å²) in [6.07, 6.45) is 0. The smallest absolute Gasteiger partial charge is 0.329 e. The van der Waals surface area contributed by atoms with Crippen LogP contribution in [-0.2, 0) is 14.3 Å². The SMILES string of the molecule is Cc1cc(C)c(NC(=O)COC(=O)[C@@H](NC(=O)Nc2ccccc2)C(C)C)c(C)c1. The minimum absolute atomic E-state index is 0.219. The van der Waals surface area contributed by atoms with E-state index in [1.54, 1.807) is 38.1 Å². The molecule has 0 aromatic heterocycles. The molecule has 30 heavy (non-hydrogen) atoms. The minimum Gasteiger partial charge on any atom is -0.454 e. The lowest BCUT2D eigenvalue weighted by Crippen LogP contribution is -2.47. The van der Waals surface area contributed by atoms with E-state index in [0.29, 0.717) is 11.4 Å². The topological polar surface area (TPSA) is 96.5 Å². The maximum Gasteiger partial charge on any atom is 0.329 e. The number of aryl methyl sites for hydroxylation is 3. The molecule has 0 saturated heterocycles. The van der Waals surface area contributed by atoms with Gasteiger partial charge in [-0.15, -0.1) is 0 Å². The molecule has 2 aromatic rings. The van der Waals surface area contributed by atoms with Crippen LogP contribution in [0.4, 0.5) is 16.2 Å². The minimum atomic E-state index is -0.885. The first-order valence-electron chi connectivity index (χ1n) is 9.84. The summed E-state index contributed by atoms with van der Waals surface area (Å²) in [7, 11) is 0. The monoisotopic (exact) mass is 411 g/mol. The zero-order valence-electron chi connectivity index (χ0n) is 18.0. The third-order valence-electron chi connectivity index (χ3n) is 4.53. The summed E-state index contributed by atoms with van der Waals surface area (Å²) in [5.74, 6) is -1.32. The van der Waals surface area contributed by atoms with E-state index in [-0.39, 0.29) is 5.92 Å². The molecule has 0 aliphatic rings. The Kier molecular flexibility index (Phi) is 7.98. The number of carbonyl (C=O) groups is 3. The van der Waals surface area contributed by atoms with Crippen molar-refractivity contribution in [3.63, 3.8) is 0 Å². The van der Waals surface area contributed by atoms with Gasteiger partial charge >= 0.3 is 12.0 Å². The number of amides is 3. The van der Waals surface area contributed by atoms with Crippen LogP contribution in [0, 0.1) is 26.7 Å². The van der Waals surface area contributed by atoms with Gasteiger partial charge in [0.1, 0.15) is 6.04 Å². The second-order valence-electron chi connectivity index (χ2n) is 7.62. The summed E-state index contributed by atoms with van der Waals surface area (Å²) >= 11 is 0. The number of esters is 1. The van der Waals surface area contributed by atoms with Crippen molar-refractivity contribution in [2.45, 2.75) is 40.7 Å². The molecule has 0 saturated carbocycles. The summed E-state index contributed by atoms with van der Waals surface area (Å²) in [5, 5.41) is 8.05. The van der Waals surface area contributed by atoms with Crippen LogP contribution in [-0.4, -0.2) is 30.6 Å². The number of nitrogens with one attached hydrogen (secondary N) is 3. The number of urea groups is 1. The number of carbonyl (C=O) groups excluding carboxylic acids is 3. The average molecular weight is 412 g/mol. The summed E-state index contributed by atoms with van der Waals surface area (Å²) in [4.78, 5) is 36.9. The van der Waals surface area contributed by atoms with E-state index < -0.39 is 30.6 Å². The Morgan fingerprint density at radius 1 is 0.933 bits per heavy atom. The molecule has 0 aliphatic carbocycles. The van der Waals surface area contributed by atoms with Crippen molar-refractivity contribution in [1.29, 1.82) is 0 Å². The Morgan fingerprint density at radius 2 is 1.53 bits per heavy atom. The first-order chi connectivity index (χ1) is 14.2. The van der Waals surface area contributed by atoms with Crippen LogP contribution in [0.2, 0.25) is 0 Å². The highest BCUT2D eigenvalue weighted by molar-refractivity contribution is 5.95. The lowest BCUT2D eigenvalue weighted by molar-refractivity contribution is -0.150. The molecule has 0 radical (unpaired) electrons. The first kappa shape index (κ1) is 22.9. The maximum atomic E-state index is 12.5. The Morgan fingerprint density at radius 3 is 2.10 bits per heavy atom. The fourth-order valence-corrected chi connectivity index (χ4v) is 3.11. The summed E-state index contributed by atoms with van der Waals surface area (Å²) < 4.78 is 5.16. The van der Waals surface area contributed by atoms with Crippen molar-refractivity contribution < 1.29 is 19.1 Å². The molecular formula is C23H29N3O4. The summed E-state index contributed by atoms with van der Waals surface area (Å²) in [5.41, 5.74) is 4.29. The number of benzene rings is 2. The largest absolute Gasteiger partial charge is 0.454 e. The van der Waals surface area contributed by atoms with E-state index in [4.69, 9.17) is 4.74 Å². The van der Waals surface area contributed by atoms with Gasteiger partial charge in [0, 0.05) is 11.4 Å². The molecule has 3 amide bonds. The molecule has 0 aliphatic heterocycles. The molecule has 160 valence electrons. The van der Waals surface area contributed by atoms with E-state index >= 15 is 0 Å². The summed E-state index contributed by atoms with van der Waals surface area (Å²) in [6.45, 7) is 8.94. The van der Waals surface area contributed by atoms with Crippen LogP contribution < -0.4 is 16.0 Å². The van der Waals surface area contributed by atoms with Gasteiger partial charge in [-0.1, -0.05) is 49.7 Å². The predicted molar refractivity (Wildman–Crippen MR) is 117 cm³/mol. The van der Waals surface area contributed by atoms with E-state index in [9.17, 15) is 14.4 Å². The predicted octanol–water partition coefficient (Wildman–Crippen LogP) is 3.94. The molecule has 2 aromatic carbocycles. The molecule has 0 unspecified atom stereocenters. The third-order valence-corrected chi connectivity index (χ3v) is 4.53. The summed E-state index contributed by atoms with van der Waals surface area (Å²) in [6, 6.07) is 11.4. The van der Waals surface area contributed by atoms with Gasteiger partial charge in [-0.3, -0.25) is 4.79 Å². The number of rotatable bonds is 7. The second kappa shape index (κ2) is 10.4. The standard InChI is InChI=1S/C23H29N3O4/c1-14(2)20(26-23(29)24-18-9-7-6-8-10-18)22(28)30-13-19(27)25-21-16(4)11-15(3)12-17(21)5/h6-12,14,20H,13H2,1-5H3,(H,25,27)(H2,24,26,29)/t20-/m0/s1. The van der Waals surface area contributed by atoms with Crippen molar-refractivity contribution >= 4 is 29.3 Å². The lowest BCUT2D eigenvalue weighted by atomic mass is 10.0. The third kappa shape index (κ3) is 6.62. The molecule has 0 fully saturated rings. The van der Waals surface area contributed by atoms with Gasteiger partial charge in [-0.25, -0.2) is 9.59 Å². The number of para-hydroxylation sites is 1. The van der Waals surface area contributed by atoms with Gasteiger partial charge in [0.15, 0.2) is 6.61 Å². The van der Waals surface area contributed by atoms with Crippen LogP contribution in [0.3, 0.4) is 0 Å². The van der Waals surface area contributed by atoms with Crippen molar-refractivity contribution in [2.75, 3.05) is 17.2 Å². The lowest BCUT2D eigenvalue weighted by Gasteiger charge is -2.21. The highest BCUT2D eigenvalue weighted by Gasteiger charge is 2.26. The molecule has 2 rings (SSSR count). The molecular weight excluding hydrogens is 382 g/mol. The van der Waals surface area contributed by atoms with Crippen molar-refractivity contribution in [3.05, 3.63) is 59.2 Å². The van der Waals surface area contributed by atoms with Crippen LogP contribution in [0.25, 0.3) is 0 Å². The normalized spacial score (nSPS) is 11.5. The number of ether oxygens (including phenoxy) is 1. The number of hydrogen-bond acceptors (Lipinski definition) is 4. The molecule has 7 heteroatoms. The quantitative estimate of drug-likeness (QED) is 0.601. The van der Waals surface area contributed by atoms with Crippen LogP contribution in [0.15, 0.2) is 42.5 Å². The number of anilines is 2. The van der Waals surface area contributed by atoms with Gasteiger partial charge in [-0.05, 0) is 49.9 Å². The molecule has 7 nitrogen and oxygen atoms in total. The highest BCUT2D eigenvalue weighted by Crippen LogP contribution is 2.21. The molecule has 1 atom stereocenters.